The summed E-state index contributed by atoms with van der Waals surface area (Å²) in [6.07, 6.45) is 0. The molecule has 1 aromatic carbocycles. The summed E-state index contributed by atoms with van der Waals surface area (Å²) in [6, 6.07) is 2.60. The average molecular weight is 269 g/mol. The van der Waals surface area contributed by atoms with Crippen LogP contribution in [0.1, 0.15) is 33.3 Å². The molecule has 0 atom stereocenters. The van der Waals surface area contributed by atoms with Gasteiger partial charge in [0.25, 0.3) is 0 Å². The van der Waals surface area contributed by atoms with Crippen molar-refractivity contribution in [2.45, 2.75) is 45.8 Å². The molecule has 0 spiro atoms. The van der Waals surface area contributed by atoms with Crippen LogP contribution in [0.3, 0.4) is 0 Å². The van der Waals surface area contributed by atoms with E-state index in [1.54, 1.807) is 34.6 Å². The van der Waals surface area contributed by atoms with Gasteiger partial charge in [-0.1, -0.05) is 6.07 Å². The topological polar surface area (TPSA) is 75.7 Å². The van der Waals surface area contributed by atoms with Crippen molar-refractivity contribution >= 4 is 18.3 Å². The van der Waals surface area contributed by atoms with Crippen molar-refractivity contribution in [1.82, 2.24) is 0 Å². The number of anilines is 1. The first-order valence-corrected chi connectivity index (χ1v) is 6.10. The van der Waals surface area contributed by atoms with Gasteiger partial charge in [0.1, 0.15) is 5.82 Å². The van der Waals surface area contributed by atoms with Crippen LogP contribution in [-0.2, 0) is 4.65 Å². The third kappa shape index (κ3) is 3.26. The Morgan fingerprint density at radius 1 is 1.26 bits per heavy atom. The SMILES string of the molecule is Cc1c(B(O)OC(C)(C)C(C)(C)O)ccc(F)c1N. The standard InChI is InChI=1S/C13H21BFNO3/c1-8-9(6-7-10(15)11(8)16)14(18)19-13(4,5)12(2,3)17/h6-7,17-18H,16H2,1-5H3. The monoisotopic (exact) mass is 269 g/mol. The van der Waals surface area contributed by atoms with Crippen molar-refractivity contribution in [1.29, 1.82) is 0 Å². The first-order valence-electron chi connectivity index (χ1n) is 6.10. The predicted octanol–water partition coefficient (Wildman–Crippen LogP) is 0.970. The molecule has 4 nitrogen and oxygen atoms in total. The number of rotatable bonds is 4. The Kier molecular flexibility index (Phi) is 4.29. The molecule has 6 heteroatoms. The number of halogens is 1. The van der Waals surface area contributed by atoms with Crippen molar-refractivity contribution in [3.05, 3.63) is 23.5 Å². The van der Waals surface area contributed by atoms with E-state index in [-0.39, 0.29) is 5.69 Å². The van der Waals surface area contributed by atoms with E-state index >= 15 is 0 Å². The van der Waals surface area contributed by atoms with Gasteiger partial charge in [-0.05, 0) is 51.7 Å². The molecule has 0 radical (unpaired) electrons. The third-order valence-corrected chi connectivity index (χ3v) is 3.65. The van der Waals surface area contributed by atoms with Gasteiger partial charge in [-0.15, -0.1) is 0 Å². The molecule has 0 aliphatic heterocycles. The molecule has 19 heavy (non-hydrogen) atoms. The number of benzene rings is 1. The van der Waals surface area contributed by atoms with Crippen LogP contribution in [0.4, 0.5) is 10.1 Å². The van der Waals surface area contributed by atoms with E-state index in [4.69, 9.17) is 10.4 Å². The van der Waals surface area contributed by atoms with E-state index < -0.39 is 24.1 Å². The first-order chi connectivity index (χ1) is 8.47. The quantitative estimate of drug-likeness (QED) is 0.562. The highest BCUT2D eigenvalue weighted by molar-refractivity contribution is 6.60. The predicted molar refractivity (Wildman–Crippen MR) is 74.6 cm³/mol. The number of hydrogen-bond donors (Lipinski definition) is 3. The van der Waals surface area contributed by atoms with E-state index in [9.17, 15) is 14.5 Å². The van der Waals surface area contributed by atoms with Crippen molar-refractivity contribution in [3.8, 4) is 0 Å². The Labute approximate surface area is 113 Å². The van der Waals surface area contributed by atoms with E-state index in [0.717, 1.165) is 0 Å². The van der Waals surface area contributed by atoms with Gasteiger partial charge >= 0.3 is 7.12 Å². The molecule has 0 amide bonds. The molecule has 0 fully saturated rings. The van der Waals surface area contributed by atoms with Crippen LogP contribution >= 0.6 is 0 Å². The summed E-state index contributed by atoms with van der Waals surface area (Å²) in [7, 11) is -1.29. The Balaban J connectivity index is 3.03. The summed E-state index contributed by atoms with van der Waals surface area (Å²) >= 11 is 0. The summed E-state index contributed by atoms with van der Waals surface area (Å²) in [4.78, 5) is 0. The molecule has 0 unspecified atom stereocenters. The molecular formula is C13H21BFNO3. The highest BCUT2D eigenvalue weighted by Crippen LogP contribution is 2.25. The molecule has 0 saturated heterocycles. The van der Waals surface area contributed by atoms with Gasteiger partial charge in [0.15, 0.2) is 0 Å². The van der Waals surface area contributed by atoms with Crippen LogP contribution in [0, 0.1) is 12.7 Å². The number of aliphatic hydroxyl groups is 1. The van der Waals surface area contributed by atoms with Crippen molar-refractivity contribution in [3.63, 3.8) is 0 Å². The molecule has 1 rings (SSSR count). The van der Waals surface area contributed by atoms with Gasteiger partial charge < -0.3 is 20.5 Å². The fraction of sp³-hybridized carbons (Fsp3) is 0.538. The lowest BCUT2D eigenvalue weighted by atomic mass is 9.74. The molecule has 106 valence electrons. The average Bonchev–Trinajstić information content (AvgIpc) is 2.23. The molecule has 0 aliphatic carbocycles. The fourth-order valence-electron chi connectivity index (χ4n) is 1.47. The zero-order chi connectivity index (χ0) is 15.0. The van der Waals surface area contributed by atoms with Gasteiger partial charge in [-0.3, -0.25) is 0 Å². The Bertz CT molecular complexity index is 472. The highest BCUT2D eigenvalue weighted by Gasteiger charge is 2.40. The van der Waals surface area contributed by atoms with Crippen LogP contribution in [0.25, 0.3) is 0 Å². The minimum absolute atomic E-state index is 0.0128. The van der Waals surface area contributed by atoms with Gasteiger partial charge in [0.2, 0.25) is 0 Å². The summed E-state index contributed by atoms with van der Waals surface area (Å²) in [6.45, 7) is 8.12. The second kappa shape index (κ2) is 5.11. The van der Waals surface area contributed by atoms with E-state index in [1.807, 2.05) is 0 Å². The van der Waals surface area contributed by atoms with Crippen LogP contribution in [0.2, 0.25) is 0 Å². The first kappa shape index (κ1) is 16.0. The molecule has 0 bridgehead atoms. The lowest BCUT2D eigenvalue weighted by Gasteiger charge is -2.38. The highest BCUT2D eigenvalue weighted by atomic mass is 19.1. The van der Waals surface area contributed by atoms with Gasteiger partial charge in [0, 0.05) is 0 Å². The Morgan fingerprint density at radius 3 is 2.26 bits per heavy atom. The van der Waals surface area contributed by atoms with E-state index in [0.29, 0.717) is 11.0 Å². The van der Waals surface area contributed by atoms with Crippen molar-refractivity contribution in [2.24, 2.45) is 0 Å². The van der Waals surface area contributed by atoms with Crippen LogP contribution < -0.4 is 11.2 Å². The Morgan fingerprint density at radius 2 is 1.79 bits per heavy atom. The van der Waals surface area contributed by atoms with Crippen LogP contribution in [-0.4, -0.2) is 28.5 Å². The normalized spacial score (nSPS) is 12.6. The molecule has 0 aliphatic rings. The van der Waals surface area contributed by atoms with Gasteiger partial charge in [0.05, 0.1) is 16.9 Å². The summed E-state index contributed by atoms with van der Waals surface area (Å²) in [5.41, 5.74) is 4.25. The lowest BCUT2D eigenvalue weighted by molar-refractivity contribution is -0.0982. The zero-order valence-corrected chi connectivity index (χ0v) is 12.0. The molecular weight excluding hydrogens is 248 g/mol. The van der Waals surface area contributed by atoms with Gasteiger partial charge in [-0.2, -0.15) is 0 Å². The minimum Gasteiger partial charge on any atom is -0.423 e. The van der Waals surface area contributed by atoms with E-state index in [2.05, 4.69) is 0 Å². The van der Waals surface area contributed by atoms with Crippen LogP contribution in [0.5, 0.6) is 0 Å². The van der Waals surface area contributed by atoms with Crippen molar-refractivity contribution in [2.75, 3.05) is 5.73 Å². The van der Waals surface area contributed by atoms with E-state index in [1.165, 1.54) is 12.1 Å². The maximum absolute atomic E-state index is 13.3. The Hall–Kier alpha value is -1.11. The molecule has 1 aromatic rings. The maximum Gasteiger partial charge on any atom is 0.491 e. The molecule has 0 saturated carbocycles. The maximum atomic E-state index is 13.3. The largest absolute Gasteiger partial charge is 0.491 e. The van der Waals surface area contributed by atoms with Gasteiger partial charge in [-0.25, -0.2) is 4.39 Å². The summed E-state index contributed by atoms with van der Waals surface area (Å²) < 4.78 is 18.8. The number of hydrogen-bond acceptors (Lipinski definition) is 4. The third-order valence-electron chi connectivity index (χ3n) is 3.65. The second-order valence-corrected chi connectivity index (χ2v) is 5.71. The zero-order valence-electron chi connectivity index (χ0n) is 12.0. The second-order valence-electron chi connectivity index (χ2n) is 5.71. The summed E-state index contributed by atoms with van der Waals surface area (Å²) in [5, 5.41) is 20.1. The smallest absolute Gasteiger partial charge is 0.423 e. The fourth-order valence-corrected chi connectivity index (χ4v) is 1.47. The lowest BCUT2D eigenvalue weighted by Crippen LogP contribution is -2.53. The molecule has 0 heterocycles. The molecule has 0 aromatic heterocycles. The molecule has 4 N–H and O–H groups in total. The number of nitrogen functional groups attached to an aromatic ring is 1. The van der Waals surface area contributed by atoms with Crippen molar-refractivity contribution < 1.29 is 19.2 Å². The summed E-state index contributed by atoms with van der Waals surface area (Å²) in [5.74, 6) is -0.532. The number of nitrogens with two attached hydrogens (primary N) is 1. The minimum atomic E-state index is -1.29. The van der Waals surface area contributed by atoms with Crippen LogP contribution in [0.15, 0.2) is 12.1 Å².